The van der Waals surface area contributed by atoms with Gasteiger partial charge in [0.15, 0.2) is 11.6 Å². The number of anilines is 1. The van der Waals surface area contributed by atoms with Crippen molar-refractivity contribution in [1.29, 1.82) is 0 Å². The van der Waals surface area contributed by atoms with Crippen LogP contribution in [0.3, 0.4) is 0 Å². The summed E-state index contributed by atoms with van der Waals surface area (Å²) < 4.78 is 26.4. The molecular formula is C18H26F2N4O. The summed E-state index contributed by atoms with van der Waals surface area (Å²) in [5.41, 5.74) is 0.691. The number of hydrogen-bond acceptors (Lipinski definition) is 3. The highest BCUT2D eigenvalue weighted by molar-refractivity contribution is 5.74. The number of piperidine rings is 1. The number of hydrogen-bond donors (Lipinski definition) is 2. The molecule has 3 rings (SSSR count). The summed E-state index contributed by atoms with van der Waals surface area (Å²) in [5.74, 6) is -1.34. The van der Waals surface area contributed by atoms with E-state index in [9.17, 15) is 13.6 Å². The second-order valence-electron chi connectivity index (χ2n) is 7.15. The molecule has 1 aromatic rings. The quantitative estimate of drug-likeness (QED) is 0.873. The zero-order chi connectivity index (χ0) is 17.8. The number of nitrogens with one attached hydrogen (secondary N) is 2. The molecule has 0 saturated carbocycles. The van der Waals surface area contributed by atoms with Crippen LogP contribution in [-0.2, 0) is 0 Å². The third-order valence-electron chi connectivity index (χ3n) is 5.07. The SMILES string of the molecule is CN1CCC[C@H](NC(=O)NC[C@H]2CCN(c3ccc(F)c(F)c3)C2)C1. The van der Waals surface area contributed by atoms with Gasteiger partial charge < -0.3 is 20.4 Å². The van der Waals surface area contributed by atoms with Gasteiger partial charge in [0.1, 0.15) is 0 Å². The molecule has 2 aliphatic heterocycles. The normalized spacial score (nSPS) is 24.4. The van der Waals surface area contributed by atoms with Gasteiger partial charge in [-0.15, -0.1) is 0 Å². The first kappa shape index (κ1) is 17.9. The molecule has 2 heterocycles. The molecule has 1 aromatic carbocycles. The molecule has 0 radical (unpaired) electrons. The smallest absolute Gasteiger partial charge is 0.315 e. The maximum atomic E-state index is 13.4. The predicted octanol–water partition coefficient (Wildman–Crippen LogP) is 2.18. The molecule has 25 heavy (non-hydrogen) atoms. The Bertz CT molecular complexity index is 613. The topological polar surface area (TPSA) is 47.6 Å². The van der Waals surface area contributed by atoms with Crippen LogP contribution < -0.4 is 15.5 Å². The van der Waals surface area contributed by atoms with Crippen molar-refractivity contribution in [3.8, 4) is 0 Å². The van der Waals surface area contributed by atoms with E-state index < -0.39 is 11.6 Å². The lowest BCUT2D eigenvalue weighted by Crippen LogP contribution is -2.50. The highest BCUT2D eigenvalue weighted by atomic mass is 19.2. The molecule has 7 heteroatoms. The van der Waals surface area contributed by atoms with Crippen molar-refractivity contribution in [2.24, 2.45) is 5.92 Å². The summed E-state index contributed by atoms with van der Waals surface area (Å²) in [4.78, 5) is 16.3. The Balaban J connectivity index is 1.42. The van der Waals surface area contributed by atoms with Gasteiger partial charge in [-0.25, -0.2) is 13.6 Å². The minimum absolute atomic E-state index is 0.119. The van der Waals surface area contributed by atoms with Crippen molar-refractivity contribution >= 4 is 11.7 Å². The minimum atomic E-state index is -0.828. The van der Waals surface area contributed by atoms with Gasteiger partial charge in [0.25, 0.3) is 0 Å². The van der Waals surface area contributed by atoms with Crippen LogP contribution in [0.15, 0.2) is 18.2 Å². The molecule has 2 atom stereocenters. The second kappa shape index (κ2) is 7.99. The van der Waals surface area contributed by atoms with Gasteiger partial charge in [0.05, 0.1) is 0 Å². The van der Waals surface area contributed by atoms with Crippen molar-refractivity contribution in [2.45, 2.75) is 25.3 Å². The Hall–Kier alpha value is -1.89. The van der Waals surface area contributed by atoms with E-state index in [0.29, 0.717) is 18.2 Å². The Morgan fingerprint density at radius 3 is 2.80 bits per heavy atom. The highest BCUT2D eigenvalue weighted by Gasteiger charge is 2.24. The average molecular weight is 352 g/mol. The number of nitrogens with zero attached hydrogens (tertiary/aromatic N) is 2. The fourth-order valence-electron chi connectivity index (χ4n) is 3.67. The monoisotopic (exact) mass is 352 g/mol. The van der Waals surface area contributed by atoms with E-state index in [1.807, 2.05) is 4.90 Å². The fourth-order valence-corrected chi connectivity index (χ4v) is 3.67. The second-order valence-corrected chi connectivity index (χ2v) is 7.15. The van der Waals surface area contributed by atoms with Crippen molar-refractivity contribution in [3.05, 3.63) is 29.8 Å². The van der Waals surface area contributed by atoms with Gasteiger partial charge in [0.2, 0.25) is 0 Å². The number of carbonyl (C=O) groups is 1. The number of carbonyl (C=O) groups excluding carboxylic acids is 1. The molecule has 0 spiro atoms. The van der Waals surface area contributed by atoms with Crippen LogP contribution >= 0.6 is 0 Å². The molecule has 2 fully saturated rings. The molecule has 5 nitrogen and oxygen atoms in total. The van der Waals surface area contributed by atoms with E-state index in [0.717, 1.165) is 51.5 Å². The summed E-state index contributed by atoms with van der Waals surface area (Å²) >= 11 is 0. The van der Waals surface area contributed by atoms with Crippen LogP contribution in [0.5, 0.6) is 0 Å². The Morgan fingerprint density at radius 1 is 1.20 bits per heavy atom. The lowest BCUT2D eigenvalue weighted by molar-refractivity contribution is 0.208. The Labute approximate surface area is 147 Å². The molecule has 0 aliphatic carbocycles. The van der Waals surface area contributed by atoms with Gasteiger partial charge in [0, 0.05) is 44.0 Å². The van der Waals surface area contributed by atoms with Crippen LogP contribution in [-0.4, -0.2) is 56.7 Å². The van der Waals surface area contributed by atoms with Crippen LogP contribution in [0.2, 0.25) is 0 Å². The third-order valence-corrected chi connectivity index (χ3v) is 5.07. The summed E-state index contributed by atoms with van der Waals surface area (Å²) in [6.07, 6.45) is 3.05. The van der Waals surface area contributed by atoms with Gasteiger partial charge in [-0.3, -0.25) is 0 Å². The highest BCUT2D eigenvalue weighted by Crippen LogP contribution is 2.25. The number of rotatable bonds is 4. The van der Waals surface area contributed by atoms with Crippen LogP contribution in [0.4, 0.5) is 19.3 Å². The molecule has 2 amide bonds. The van der Waals surface area contributed by atoms with E-state index in [1.165, 1.54) is 6.07 Å². The Kier molecular flexibility index (Phi) is 5.73. The fraction of sp³-hybridized carbons (Fsp3) is 0.611. The number of urea groups is 1. The molecule has 138 valence electrons. The van der Waals surface area contributed by atoms with Gasteiger partial charge >= 0.3 is 6.03 Å². The zero-order valence-corrected chi connectivity index (χ0v) is 14.6. The van der Waals surface area contributed by atoms with Crippen LogP contribution in [0.1, 0.15) is 19.3 Å². The van der Waals surface area contributed by atoms with E-state index in [2.05, 4.69) is 22.6 Å². The molecule has 0 unspecified atom stereocenters. The average Bonchev–Trinajstić information content (AvgIpc) is 3.04. The van der Waals surface area contributed by atoms with E-state index in [4.69, 9.17) is 0 Å². The van der Waals surface area contributed by atoms with Crippen molar-refractivity contribution in [3.63, 3.8) is 0 Å². The standard InChI is InChI=1S/C18H26F2N4O/c1-23-7-2-3-14(12-23)22-18(25)21-10-13-6-8-24(11-13)15-4-5-16(19)17(20)9-15/h4-5,9,13-14H,2-3,6-8,10-12H2,1H3,(H2,21,22,25)/t13-,14+/m1/s1. The number of benzene rings is 1. The molecule has 0 aromatic heterocycles. The molecular weight excluding hydrogens is 326 g/mol. The maximum Gasteiger partial charge on any atom is 0.315 e. The van der Waals surface area contributed by atoms with E-state index in [1.54, 1.807) is 6.07 Å². The number of halogens is 2. The summed E-state index contributed by atoms with van der Waals surface area (Å²) in [7, 11) is 2.07. The summed E-state index contributed by atoms with van der Waals surface area (Å²) in [5, 5.41) is 5.98. The van der Waals surface area contributed by atoms with Crippen molar-refractivity contribution < 1.29 is 13.6 Å². The van der Waals surface area contributed by atoms with Gasteiger partial charge in [-0.1, -0.05) is 0 Å². The number of amides is 2. The predicted molar refractivity (Wildman–Crippen MR) is 93.7 cm³/mol. The number of likely N-dealkylation sites (tertiary alicyclic amines) is 1. The summed E-state index contributed by atoms with van der Waals surface area (Å²) in [6, 6.07) is 4.08. The minimum Gasteiger partial charge on any atom is -0.371 e. The summed E-state index contributed by atoms with van der Waals surface area (Å²) in [6.45, 7) is 4.08. The van der Waals surface area contributed by atoms with E-state index in [-0.39, 0.29) is 12.1 Å². The zero-order valence-electron chi connectivity index (χ0n) is 14.6. The molecule has 2 N–H and O–H groups in total. The van der Waals surface area contributed by atoms with Crippen LogP contribution in [0.25, 0.3) is 0 Å². The third kappa shape index (κ3) is 4.81. The molecule has 2 aliphatic rings. The Morgan fingerprint density at radius 2 is 2.04 bits per heavy atom. The van der Waals surface area contributed by atoms with Crippen molar-refractivity contribution in [1.82, 2.24) is 15.5 Å². The maximum absolute atomic E-state index is 13.4. The van der Waals surface area contributed by atoms with Gasteiger partial charge in [-0.05, 0) is 50.9 Å². The first-order valence-corrected chi connectivity index (χ1v) is 8.94. The lowest BCUT2D eigenvalue weighted by atomic mass is 10.1. The lowest BCUT2D eigenvalue weighted by Gasteiger charge is -2.30. The first-order chi connectivity index (χ1) is 12.0. The number of likely N-dealkylation sites (N-methyl/N-ethyl adjacent to an activating group) is 1. The molecule has 2 saturated heterocycles. The van der Waals surface area contributed by atoms with E-state index >= 15 is 0 Å². The van der Waals surface area contributed by atoms with Crippen molar-refractivity contribution in [2.75, 3.05) is 44.7 Å². The first-order valence-electron chi connectivity index (χ1n) is 8.94. The van der Waals surface area contributed by atoms with Crippen LogP contribution in [0, 0.1) is 17.6 Å². The molecule has 0 bridgehead atoms. The largest absolute Gasteiger partial charge is 0.371 e. The van der Waals surface area contributed by atoms with Gasteiger partial charge in [-0.2, -0.15) is 0 Å².